The van der Waals surface area contributed by atoms with Crippen molar-refractivity contribution in [3.63, 3.8) is 0 Å². The molecule has 0 radical (unpaired) electrons. The Bertz CT molecular complexity index is 2660. The average Bonchev–Trinajstić information content (AvgIpc) is 3.19. The fraction of sp³-hybridized carbons (Fsp3) is 0. The number of aromatic hydroxyl groups is 2. The fourth-order valence-corrected chi connectivity index (χ4v) is 5.92. The number of anilines is 6. The smallest absolute Gasteiger partial charge is 0.328 e. The second kappa shape index (κ2) is 16.2. The highest BCUT2D eigenvalue weighted by atomic mass is 16.3. The van der Waals surface area contributed by atoms with E-state index in [0.29, 0.717) is 0 Å². The monoisotopic (exact) mass is 740 g/mol. The number of benzene rings is 5. The molecule has 12 heteroatoms. The Balaban J connectivity index is 1.17. The van der Waals surface area contributed by atoms with Crippen molar-refractivity contribution in [2.45, 2.75) is 0 Å². The average molecular weight is 741 g/mol. The van der Waals surface area contributed by atoms with Gasteiger partial charge in [-0.3, -0.25) is 29.5 Å². The zero-order valence-electron chi connectivity index (χ0n) is 29.4. The molecule has 0 aliphatic rings. The normalized spacial score (nSPS) is 10.4. The highest BCUT2D eigenvalue weighted by molar-refractivity contribution is 5.81. The van der Waals surface area contributed by atoms with Crippen molar-refractivity contribution in [3.05, 3.63) is 209 Å². The third-order valence-electron chi connectivity index (χ3n) is 8.57. The van der Waals surface area contributed by atoms with E-state index in [1.807, 2.05) is 109 Å². The lowest BCUT2D eigenvalue weighted by molar-refractivity contribution is 0.446. The van der Waals surface area contributed by atoms with E-state index in [0.717, 1.165) is 45.3 Å². The van der Waals surface area contributed by atoms with Gasteiger partial charge >= 0.3 is 11.4 Å². The summed E-state index contributed by atoms with van der Waals surface area (Å²) >= 11 is 0. The molecular weight excluding hydrogens is 709 g/mol. The number of para-hydroxylation sites is 2. The van der Waals surface area contributed by atoms with Crippen molar-refractivity contribution in [3.8, 4) is 11.8 Å². The van der Waals surface area contributed by atoms with Gasteiger partial charge in [0.05, 0.1) is 0 Å². The van der Waals surface area contributed by atoms with Gasteiger partial charge in [0.2, 0.25) is 11.8 Å². The van der Waals surface area contributed by atoms with Crippen LogP contribution in [0.4, 0.5) is 34.1 Å². The molecule has 0 spiro atoms. The zero-order chi connectivity index (χ0) is 39.0. The Morgan fingerprint density at radius 1 is 0.393 bits per heavy atom. The largest absolute Gasteiger partial charge is 0.494 e. The fourth-order valence-electron chi connectivity index (χ4n) is 5.92. The van der Waals surface area contributed by atoms with Crippen LogP contribution < -0.4 is 32.3 Å². The molecule has 0 aliphatic carbocycles. The third-order valence-corrected chi connectivity index (χ3v) is 8.57. The van der Waals surface area contributed by atoms with E-state index < -0.39 is 34.3 Å². The van der Waals surface area contributed by atoms with E-state index in [1.54, 1.807) is 12.2 Å². The maximum absolute atomic E-state index is 12.0. The molecule has 0 fully saturated rings. The van der Waals surface area contributed by atoms with Crippen LogP contribution in [0.2, 0.25) is 0 Å². The third kappa shape index (κ3) is 8.17. The van der Waals surface area contributed by atoms with Crippen molar-refractivity contribution in [2.24, 2.45) is 0 Å². The first kappa shape index (κ1) is 36.1. The second-order valence-corrected chi connectivity index (χ2v) is 12.3. The predicted octanol–water partition coefficient (Wildman–Crippen LogP) is 7.44. The molecule has 7 rings (SSSR count). The van der Waals surface area contributed by atoms with E-state index in [9.17, 15) is 29.4 Å². The number of hydrogen-bond acceptors (Lipinski definition) is 8. The Hall–Kier alpha value is -8.30. The number of nitrogens with one attached hydrogen (secondary N) is 4. The molecule has 0 aliphatic heterocycles. The van der Waals surface area contributed by atoms with Gasteiger partial charge in [-0.05, 0) is 108 Å². The number of rotatable bonds is 10. The molecule has 7 aromatic rings. The van der Waals surface area contributed by atoms with Gasteiger partial charge in [-0.15, -0.1) is 11.5 Å². The summed E-state index contributed by atoms with van der Waals surface area (Å²) in [6.45, 7) is 0. The number of aromatic nitrogens is 4. The Morgan fingerprint density at radius 3 is 1.02 bits per heavy atom. The molecule has 0 amide bonds. The molecule has 0 unspecified atom stereocenters. The van der Waals surface area contributed by atoms with E-state index in [4.69, 9.17) is 0 Å². The Morgan fingerprint density at radius 2 is 0.696 bits per heavy atom. The molecule has 0 saturated carbocycles. The summed E-state index contributed by atoms with van der Waals surface area (Å²) in [5.41, 5.74) is 9.69. The molecule has 0 bridgehead atoms. The molecule has 6 N–H and O–H groups in total. The predicted molar refractivity (Wildman–Crippen MR) is 219 cm³/mol. The van der Waals surface area contributed by atoms with E-state index in [1.165, 1.54) is 12.2 Å². The van der Waals surface area contributed by atoms with Gasteiger partial charge in [0, 0.05) is 34.1 Å². The van der Waals surface area contributed by atoms with Crippen LogP contribution >= 0.6 is 0 Å². The second-order valence-electron chi connectivity index (χ2n) is 12.3. The molecule has 274 valence electrons. The molecule has 5 aromatic carbocycles. The van der Waals surface area contributed by atoms with Crippen LogP contribution in [0, 0.1) is 0 Å². The van der Waals surface area contributed by atoms with E-state index >= 15 is 0 Å². The first-order valence-corrected chi connectivity index (χ1v) is 17.2. The van der Waals surface area contributed by atoms with Gasteiger partial charge in [0.15, 0.2) is 0 Å². The summed E-state index contributed by atoms with van der Waals surface area (Å²) in [5, 5.41) is 19.9. The number of H-pyrrole nitrogens is 4. The summed E-state index contributed by atoms with van der Waals surface area (Å²) < 4.78 is 0. The lowest BCUT2D eigenvalue weighted by Gasteiger charge is -2.28. The Kier molecular flexibility index (Phi) is 10.4. The van der Waals surface area contributed by atoms with Gasteiger partial charge in [0.25, 0.3) is 11.1 Å². The first-order chi connectivity index (χ1) is 27.2. The maximum atomic E-state index is 12.0. The van der Waals surface area contributed by atoms with Crippen molar-refractivity contribution in [2.75, 3.05) is 9.80 Å². The lowest BCUT2D eigenvalue weighted by Crippen LogP contribution is -2.23. The van der Waals surface area contributed by atoms with Gasteiger partial charge < -0.3 is 20.0 Å². The molecule has 2 heterocycles. The van der Waals surface area contributed by atoms with Crippen LogP contribution in [0.15, 0.2) is 164 Å². The topological polar surface area (TPSA) is 178 Å². The van der Waals surface area contributed by atoms with Crippen molar-refractivity contribution in [1.29, 1.82) is 0 Å². The summed E-state index contributed by atoms with van der Waals surface area (Å²) in [6, 6.07) is 43.7. The van der Waals surface area contributed by atoms with Crippen LogP contribution in [0.25, 0.3) is 24.3 Å². The summed E-state index contributed by atoms with van der Waals surface area (Å²) in [5.74, 6) is -1.06. The highest BCUT2D eigenvalue weighted by Crippen LogP contribution is 2.39. The first-order valence-electron chi connectivity index (χ1n) is 17.2. The quantitative estimate of drug-likeness (QED) is 0.0784. The zero-order valence-corrected chi connectivity index (χ0v) is 29.4. The van der Waals surface area contributed by atoms with Gasteiger partial charge in [0.1, 0.15) is 11.1 Å². The van der Waals surface area contributed by atoms with Crippen LogP contribution in [0.1, 0.15) is 22.3 Å². The van der Waals surface area contributed by atoms with Crippen LogP contribution in [0.3, 0.4) is 0 Å². The van der Waals surface area contributed by atoms with E-state index in [-0.39, 0.29) is 11.1 Å². The Labute approximate surface area is 318 Å². The molecule has 0 atom stereocenters. The van der Waals surface area contributed by atoms with Crippen LogP contribution in [-0.2, 0) is 0 Å². The summed E-state index contributed by atoms with van der Waals surface area (Å²) in [6.07, 6.45) is 5.92. The van der Waals surface area contributed by atoms with Crippen LogP contribution in [0.5, 0.6) is 11.8 Å². The van der Waals surface area contributed by atoms with Gasteiger partial charge in [-0.1, -0.05) is 60.7 Å². The molecule has 0 saturated heterocycles. The number of nitrogens with zero attached hydrogens (tertiary/aromatic N) is 2. The van der Waals surface area contributed by atoms with Gasteiger partial charge in [-0.25, -0.2) is 9.59 Å². The minimum absolute atomic E-state index is 0.105. The summed E-state index contributed by atoms with van der Waals surface area (Å²) in [7, 11) is 0. The standard InChI is InChI=1S/C44H32N6O6/c51-39-37(40(52)46-43(55)45-39)15-7-9-29-17-21-33(22-18-29)49(31-11-3-1-4-12-31)35-25-27-36(28-26-35)50(32-13-5-2-6-14-32)34-23-19-30(20-24-34)10-8-16-38-41(53)47-44(56)48-42(38)54/h1-6,9-28H,(H3,45,46,51,52,55)(H3,47,48,53,54,56). The maximum Gasteiger partial charge on any atom is 0.328 e. The molecule has 12 nitrogen and oxygen atoms in total. The van der Waals surface area contributed by atoms with Gasteiger partial charge in [-0.2, -0.15) is 0 Å². The molecule has 2 aromatic heterocycles. The van der Waals surface area contributed by atoms with Crippen molar-refractivity contribution >= 4 is 58.4 Å². The lowest BCUT2D eigenvalue weighted by atomic mass is 10.1. The minimum atomic E-state index is -0.796. The molecule has 56 heavy (non-hydrogen) atoms. The van der Waals surface area contributed by atoms with Crippen molar-refractivity contribution in [1.82, 2.24) is 19.9 Å². The van der Waals surface area contributed by atoms with Crippen molar-refractivity contribution < 1.29 is 10.2 Å². The number of aromatic amines is 4. The van der Waals surface area contributed by atoms with Crippen LogP contribution in [-0.4, -0.2) is 30.1 Å². The van der Waals surface area contributed by atoms with E-state index in [2.05, 4.69) is 65.5 Å². The highest BCUT2D eigenvalue weighted by Gasteiger charge is 2.16. The molecular formula is C44H32N6O6. The summed E-state index contributed by atoms with van der Waals surface area (Å²) in [4.78, 5) is 59.5. The SMILES string of the molecule is O=c1[nH]c(O)c(C=C=Cc2ccc(N(c3ccccc3)c3ccc(N(c4ccccc4)c4ccc(C=C=Cc5c(O)[nH]c(=O)[nH]c5=O)cc4)cc3)cc2)c(=O)[nH]1. The number of hydrogen-bond donors (Lipinski definition) is 6. The minimum Gasteiger partial charge on any atom is -0.494 e.